The molecule has 1 aliphatic heterocycles. The lowest BCUT2D eigenvalue weighted by atomic mass is 10.1. The van der Waals surface area contributed by atoms with Crippen LogP contribution in [-0.4, -0.2) is 43.7 Å². The van der Waals surface area contributed by atoms with Gasteiger partial charge in [-0.1, -0.05) is 17.7 Å². The van der Waals surface area contributed by atoms with Gasteiger partial charge in [0.25, 0.3) is 5.91 Å². The fourth-order valence-corrected chi connectivity index (χ4v) is 3.76. The molecule has 1 saturated heterocycles. The Hall–Kier alpha value is -1.47. The first-order chi connectivity index (χ1) is 11.7. The van der Waals surface area contributed by atoms with Crippen LogP contribution in [0.25, 0.3) is 0 Å². The fraction of sp³-hybridized carbons (Fsp3) is 0.353. The molecule has 1 aromatic carbocycles. The standard InChI is InChI=1S/C17H18ClFN2O2S/c18-13-2-1-3-14(19)16(13)17(22)20-10-15(12-4-9-24-11-12)21-5-7-23-8-6-21/h1-4,9,11,15H,5-8,10H2,(H,20,22)/t15-/m1/s1. The summed E-state index contributed by atoms with van der Waals surface area (Å²) in [6.07, 6.45) is 0. The third-order valence-electron chi connectivity index (χ3n) is 4.06. The number of carbonyl (C=O) groups is 1. The first-order valence-corrected chi connectivity index (χ1v) is 9.05. The van der Waals surface area contributed by atoms with Gasteiger partial charge in [-0.05, 0) is 34.5 Å². The number of hydrogen-bond donors (Lipinski definition) is 1. The molecule has 1 aliphatic rings. The number of nitrogens with zero attached hydrogens (tertiary/aromatic N) is 1. The average Bonchev–Trinajstić information content (AvgIpc) is 3.10. The van der Waals surface area contributed by atoms with Crippen LogP contribution in [0.15, 0.2) is 35.0 Å². The molecule has 1 atom stereocenters. The highest BCUT2D eigenvalue weighted by Gasteiger charge is 2.24. The molecule has 0 unspecified atom stereocenters. The van der Waals surface area contributed by atoms with E-state index in [1.807, 2.05) is 11.4 Å². The van der Waals surface area contributed by atoms with Gasteiger partial charge in [0.05, 0.1) is 29.8 Å². The Kier molecular flexibility index (Phi) is 5.84. The van der Waals surface area contributed by atoms with Crippen LogP contribution in [0, 0.1) is 5.82 Å². The number of halogens is 2. The zero-order chi connectivity index (χ0) is 16.9. The van der Waals surface area contributed by atoms with Gasteiger partial charge in [0.2, 0.25) is 0 Å². The van der Waals surface area contributed by atoms with Crippen LogP contribution in [0.4, 0.5) is 4.39 Å². The summed E-state index contributed by atoms with van der Waals surface area (Å²) in [4.78, 5) is 14.6. The second-order valence-electron chi connectivity index (χ2n) is 5.53. The Labute approximate surface area is 149 Å². The highest BCUT2D eigenvalue weighted by atomic mass is 35.5. The van der Waals surface area contributed by atoms with Crippen molar-refractivity contribution in [3.8, 4) is 0 Å². The largest absolute Gasteiger partial charge is 0.379 e. The van der Waals surface area contributed by atoms with Gasteiger partial charge < -0.3 is 10.1 Å². The first kappa shape index (κ1) is 17.4. The molecule has 2 aromatic rings. The number of nitrogens with one attached hydrogen (secondary N) is 1. The number of ether oxygens (including phenoxy) is 1. The molecule has 0 saturated carbocycles. The number of thiophene rings is 1. The van der Waals surface area contributed by atoms with E-state index in [0.29, 0.717) is 19.8 Å². The number of carbonyl (C=O) groups excluding carboxylic acids is 1. The van der Waals surface area contributed by atoms with Gasteiger partial charge in [0.1, 0.15) is 5.82 Å². The van der Waals surface area contributed by atoms with E-state index in [9.17, 15) is 9.18 Å². The zero-order valence-electron chi connectivity index (χ0n) is 13.0. The van der Waals surface area contributed by atoms with Crippen molar-refractivity contribution in [2.75, 3.05) is 32.8 Å². The van der Waals surface area contributed by atoms with Crippen LogP contribution in [0.2, 0.25) is 5.02 Å². The molecule has 1 aromatic heterocycles. The summed E-state index contributed by atoms with van der Waals surface area (Å²) in [5.74, 6) is -1.11. The van der Waals surface area contributed by atoms with E-state index in [4.69, 9.17) is 16.3 Å². The van der Waals surface area contributed by atoms with Crippen LogP contribution in [0.1, 0.15) is 22.0 Å². The van der Waals surface area contributed by atoms with E-state index in [1.54, 1.807) is 11.3 Å². The van der Waals surface area contributed by atoms with Crippen LogP contribution in [0.5, 0.6) is 0 Å². The monoisotopic (exact) mass is 368 g/mol. The lowest BCUT2D eigenvalue weighted by Crippen LogP contribution is -2.43. The SMILES string of the molecule is O=C(NC[C@H](c1ccsc1)N1CCOCC1)c1c(F)cccc1Cl. The van der Waals surface area contributed by atoms with Crippen LogP contribution in [0.3, 0.4) is 0 Å². The fourth-order valence-electron chi connectivity index (χ4n) is 2.80. The molecule has 0 spiro atoms. The summed E-state index contributed by atoms with van der Waals surface area (Å²) < 4.78 is 19.3. The van der Waals surface area contributed by atoms with Gasteiger partial charge in [0, 0.05) is 19.6 Å². The second-order valence-corrected chi connectivity index (χ2v) is 6.71. The minimum Gasteiger partial charge on any atom is -0.379 e. The normalized spacial score (nSPS) is 16.8. The third-order valence-corrected chi connectivity index (χ3v) is 5.08. The molecule has 3 rings (SSSR count). The molecule has 1 N–H and O–H groups in total. The van der Waals surface area contributed by atoms with E-state index in [-0.39, 0.29) is 16.6 Å². The maximum absolute atomic E-state index is 13.9. The molecule has 24 heavy (non-hydrogen) atoms. The second kappa shape index (κ2) is 8.07. The van der Waals surface area contributed by atoms with Crippen molar-refractivity contribution in [1.82, 2.24) is 10.2 Å². The quantitative estimate of drug-likeness (QED) is 0.880. The van der Waals surface area contributed by atoms with Crippen LogP contribution >= 0.6 is 22.9 Å². The third kappa shape index (κ3) is 3.95. The van der Waals surface area contributed by atoms with Crippen LogP contribution < -0.4 is 5.32 Å². The van der Waals surface area contributed by atoms with Gasteiger partial charge in [-0.25, -0.2) is 4.39 Å². The van der Waals surface area contributed by atoms with Crippen molar-refractivity contribution >= 4 is 28.8 Å². The van der Waals surface area contributed by atoms with Crippen molar-refractivity contribution < 1.29 is 13.9 Å². The van der Waals surface area contributed by atoms with Crippen molar-refractivity contribution in [3.05, 3.63) is 57.0 Å². The van der Waals surface area contributed by atoms with Crippen molar-refractivity contribution in [1.29, 1.82) is 0 Å². The molecule has 0 radical (unpaired) electrons. The van der Waals surface area contributed by atoms with Crippen molar-refractivity contribution in [2.45, 2.75) is 6.04 Å². The average molecular weight is 369 g/mol. The summed E-state index contributed by atoms with van der Waals surface area (Å²) in [7, 11) is 0. The molecule has 1 fully saturated rings. The minimum absolute atomic E-state index is 0.0367. The van der Waals surface area contributed by atoms with Gasteiger partial charge in [-0.3, -0.25) is 9.69 Å². The molecule has 0 bridgehead atoms. The Morgan fingerprint density at radius 1 is 1.38 bits per heavy atom. The Balaban J connectivity index is 1.72. The maximum atomic E-state index is 13.9. The molecule has 4 nitrogen and oxygen atoms in total. The predicted octanol–water partition coefficient (Wildman–Crippen LogP) is 3.34. The van der Waals surface area contributed by atoms with Gasteiger partial charge in [-0.2, -0.15) is 11.3 Å². The smallest absolute Gasteiger partial charge is 0.255 e. The summed E-state index contributed by atoms with van der Waals surface area (Å²) in [5.41, 5.74) is 1.03. The topological polar surface area (TPSA) is 41.6 Å². The summed E-state index contributed by atoms with van der Waals surface area (Å²) >= 11 is 7.58. The van der Waals surface area contributed by atoms with E-state index in [2.05, 4.69) is 15.6 Å². The van der Waals surface area contributed by atoms with Crippen molar-refractivity contribution in [3.63, 3.8) is 0 Å². The van der Waals surface area contributed by atoms with E-state index in [1.165, 1.54) is 18.2 Å². The molecule has 7 heteroatoms. The molecule has 2 heterocycles. The van der Waals surface area contributed by atoms with Gasteiger partial charge >= 0.3 is 0 Å². The van der Waals surface area contributed by atoms with Gasteiger partial charge in [-0.15, -0.1) is 0 Å². The molecule has 128 valence electrons. The highest BCUT2D eigenvalue weighted by Crippen LogP contribution is 2.24. The first-order valence-electron chi connectivity index (χ1n) is 7.73. The molecular formula is C17H18ClFN2O2S. The maximum Gasteiger partial charge on any atom is 0.255 e. The van der Waals surface area contributed by atoms with E-state index >= 15 is 0 Å². The molecule has 0 aliphatic carbocycles. The van der Waals surface area contributed by atoms with E-state index in [0.717, 1.165) is 18.7 Å². The lowest BCUT2D eigenvalue weighted by Gasteiger charge is -2.34. The van der Waals surface area contributed by atoms with Gasteiger partial charge in [0.15, 0.2) is 0 Å². The Morgan fingerprint density at radius 3 is 2.83 bits per heavy atom. The number of morpholine rings is 1. The number of benzene rings is 1. The molecular weight excluding hydrogens is 351 g/mol. The van der Waals surface area contributed by atoms with Crippen LogP contribution in [-0.2, 0) is 4.74 Å². The summed E-state index contributed by atoms with van der Waals surface area (Å²) in [6.45, 7) is 3.34. The summed E-state index contributed by atoms with van der Waals surface area (Å²) in [6, 6.07) is 6.31. The number of amides is 1. The Morgan fingerprint density at radius 2 is 2.17 bits per heavy atom. The lowest BCUT2D eigenvalue weighted by molar-refractivity contribution is 0.0163. The Bertz CT molecular complexity index is 670. The van der Waals surface area contributed by atoms with E-state index < -0.39 is 11.7 Å². The predicted molar refractivity (Wildman–Crippen MR) is 93.2 cm³/mol. The zero-order valence-corrected chi connectivity index (χ0v) is 14.6. The number of rotatable bonds is 5. The molecule has 1 amide bonds. The highest BCUT2D eigenvalue weighted by molar-refractivity contribution is 7.07. The summed E-state index contributed by atoms with van der Waals surface area (Å²) in [5, 5.41) is 7.03. The van der Waals surface area contributed by atoms with Crippen molar-refractivity contribution in [2.24, 2.45) is 0 Å². The number of hydrogen-bond acceptors (Lipinski definition) is 4. The minimum atomic E-state index is -0.613.